The highest BCUT2D eigenvalue weighted by molar-refractivity contribution is 5.93. The first-order valence-electron chi connectivity index (χ1n) is 14.0. The van der Waals surface area contributed by atoms with Crippen LogP contribution in [0.3, 0.4) is 0 Å². The minimum Gasteiger partial charge on any atom is -0.440 e. The number of rotatable bonds is 10. The number of amides is 1. The monoisotopic (exact) mass is 522 g/mol. The summed E-state index contributed by atoms with van der Waals surface area (Å²) >= 11 is 0. The first kappa shape index (κ1) is 26.9. The standard InChI is InChI=1S/C33H38N4O2/c1-25-12-11-13-26(2)31(25)34-29(38)24-37-22-20-36(21-23-37)19-10-9-18-30-35-32(27-14-5-3-6-15-27)33(39-30)28-16-7-4-8-17-28/h3-8,11-17H,9-10,18-24H2,1-2H3,(H,34,38). The Hall–Kier alpha value is -3.74. The number of piperazine rings is 1. The zero-order valence-corrected chi connectivity index (χ0v) is 23.0. The van der Waals surface area contributed by atoms with Gasteiger partial charge in [0.1, 0.15) is 5.69 Å². The van der Waals surface area contributed by atoms with E-state index in [2.05, 4.69) is 39.4 Å². The number of nitrogens with zero attached hydrogens (tertiary/aromatic N) is 3. The summed E-state index contributed by atoms with van der Waals surface area (Å²) in [5.74, 6) is 1.71. The Balaban J connectivity index is 1.07. The van der Waals surface area contributed by atoms with Gasteiger partial charge >= 0.3 is 0 Å². The van der Waals surface area contributed by atoms with Crippen molar-refractivity contribution in [1.29, 1.82) is 0 Å². The van der Waals surface area contributed by atoms with Gasteiger partial charge in [-0.3, -0.25) is 9.69 Å². The minimum absolute atomic E-state index is 0.0662. The summed E-state index contributed by atoms with van der Waals surface area (Å²) in [6.45, 7) is 9.39. The number of hydrogen-bond acceptors (Lipinski definition) is 5. The molecular formula is C33H38N4O2. The second-order valence-corrected chi connectivity index (χ2v) is 10.4. The van der Waals surface area contributed by atoms with Gasteiger partial charge in [-0.1, -0.05) is 78.9 Å². The van der Waals surface area contributed by atoms with Crippen LogP contribution in [0.15, 0.2) is 83.3 Å². The van der Waals surface area contributed by atoms with E-state index < -0.39 is 0 Å². The molecule has 39 heavy (non-hydrogen) atoms. The molecule has 1 aromatic heterocycles. The van der Waals surface area contributed by atoms with Crippen molar-refractivity contribution < 1.29 is 9.21 Å². The van der Waals surface area contributed by atoms with E-state index in [0.29, 0.717) is 6.54 Å². The largest absolute Gasteiger partial charge is 0.440 e. The molecule has 2 heterocycles. The number of aromatic nitrogens is 1. The van der Waals surface area contributed by atoms with Crippen LogP contribution in [-0.4, -0.2) is 60.0 Å². The fourth-order valence-corrected chi connectivity index (χ4v) is 5.22. The van der Waals surface area contributed by atoms with Gasteiger partial charge in [0.25, 0.3) is 0 Å². The summed E-state index contributed by atoms with van der Waals surface area (Å²) in [6, 6.07) is 26.6. The van der Waals surface area contributed by atoms with E-state index in [1.807, 2.05) is 68.4 Å². The van der Waals surface area contributed by atoms with Crippen molar-refractivity contribution in [3.05, 3.63) is 95.9 Å². The van der Waals surface area contributed by atoms with E-state index in [0.717, 1.165) is 97.3 Å². The number of carbonyl (C=O) groups is 1. The molecule has 1 fully saturated rings. The van der Waals surface area contributed by atoms with Crippen molar-refractivity contribution in [3.8, 4) is 22.6 Å². The topological polar surface area (TPSA) is 61.6 Å². The molecule has 0 bridgehead atoms. The van der Waals surface area contributed by atoms with Crippen LogP contribution >= 0.6 is 0 Å². The average molecular weight is 523 g/mol. The molecule has 0 spiro atoms. The minimum atomic E-state index is 0.0662. The molecular weight excluding hydrogens is 484 g/mol. The Kier molecular flexibility index (Phi) is 8.86. The summed E-state index contributed by atoms with van der Waals surface area (Å²) in [6.07, 6.45) is 2.95. The highest BCUT2D eigenvalue weighted by Crippen LogP contribution is 2.33. The quantitative estimate of drug-likeness (QED) is 0.251. The molecule has 6 heteroatoms. The van der Waals surface area contributed by atoms with Gasteiger partial charge in [-0.15, -0.1) is 0 Å². The van der Waals surface area contributed by atoms with Crippen molar-refractivity contribution in [2.75, 3.05) is 44.6 Å². The zero-order chi connectivity index (χ0) is 27.0. The van der Waals surface area contributed by atoms with E-state index in [-0.39, 0.29) is 5.91 Å². The van der Waals surface area contributed by atoms with Crippen molar-refractivity contribution in [1.82, 2.24) is 14.8 Å². The van der Waals surface area contributed by atoms with Crippen LogP contribution in [-0.2, 0) is 11.2 Å². The fraction of sp³-hybridized carbons (Fsp3) is 0.333. The van der Waals surface area contributed by atoms with E-state index in [1.165, 1.54) is 0 Å². The summed E-state index contributed by atoms with van der Waals surface area (Å²) in [4.78, 5) is 22.3. The highest BCUT2D eigenvalue weighted by Gasteiger charge is 2.20. The van der Waals surface area contributed by atoms with Crippen molar-refractivity contribution in [2.45, 2.75) is 33.1 Å². The van der Waals surface area contributed by atoms with Crippen molar-refractivity contribution in [3.63, 3.8) is 0 Å². The first-order chi connectivity index (χ1) is 19.1. The highest BCUT2D eigenvalue weighted by atomic mass is 16.4. The van der Waals surface area contributed by atoms with Crippen LogP contribution in [0.4, 0.5) is 5.69 Å². The van der Waals surface area contributed by atoms with Crippen LogP contribution in [0.1, 0.15) is 29.9 Å². The number of unbranched alkanes of at least 4 members (excludes halogenated alkanes) is 1. The third-order valence-electron chi connectivity index (χ3n) is 7.45. The Labute approximate surface area is 231 Å². The average Bonchev–Trinajstić information content (AvgIpc) is 3.39. The molecule has 1 aliphatic rings. The molecule has 5 rings (SSSR count). The van der Waals surface area contributed by atoms with Gasteiger partial charge in [0.05, 0.1) is 6.54 Å². The molecule has 3 aromatic carbocycles. The molecule has 202 valence electrons. The molecule has 0 atom stereocenters. The number of hydrogen-bond donors (Lipinski definition) is 1. The number of anilines is 1. The number of nitrogens with one attached hydrogen (secondary N) is 1. The molecule has 1 amide bonds. The number of oxazole rings is 1. The normalized spacial score (nSPS) is 14.4. The van der Waals surface area contributed by atoms with Gasteiger partial charge in [0.15, 0.2) is 11.7 Å². The van der Waals surface area contributed by atoms with Gasteiger partial charge in [0.2, 0.25) is 5.91 Å². The van der Waals surface area contributed by atoms with E-state index in [1.54, 1.807) is 0 Å². The lowest BCUT2D eigenvalue weighted by atomic mass is 10.1. The Bertz CT molecular complexity index is 1280. The number of para-hydroxylation sites is 1. The second kappa shape index (κ2) is 12.9. The molecule has 0 saturated carbocycles. The van der Waals surface area contributed by atoms with Gasteiger partial charge < -0.3 is 14.6 Å². The zero-order valence-electron chi connectivity index (χ0n) is 23.0. The number of carbonyl (C=O) groups excluding carboxylic acids is 1. The number of benzene rings is 3. The summed E-state index contributed by atoms with van der Waals surface area (Å²) in [7, 11) is 0. The maximum Gasteiger partial charge on any atom is 0.238 e. The molecule has 0 unspecified atom stereocenters. The summed E-state index contributed by atoms with van der Waals surface area (Å²) in [5, 5.41) is 3.11. The van der Waals surface area contributed by atoms with Gasteiger partial charge in [-0.25, -0.2) is 4.98 Å². The number of aryl methyl sites for hydroxylation is 3. The molecule has 0 radical (unpaired) electrons. The van der Waals surface area contributed by atoms with E-state index in [9.17, 15) is 4.79 Å². The lowest BCUT2D eigenvalue weighted by Crippen LogP contribution is -2.48. The predicted molar refractivity (Wildman–Crippen MR) is 158 cm³/mol. The fourth-order valence-electron chi connectivity index (χ4n) is 5.22. The molecule has 6 nitrogen and oxygen atoms in total. The van der Waals surface area contributed by atoms with Crippen LogP contribution in [0.2, 0.25) is 0 Å². The lowest BCUT2D eigenvalue weighted by Gasteiger charge is -2.34. The van der Waals surface area contributed by atoms with Crippen LogP contribution in [0, 0.1) is 13.8 Å². The van der Waals surface area contributed by atoms with Crippen molar-refractivity contribution >= 4 is 11.6 Å². The van der Waals surface area contributed by atoms with Crippen LogP contribution in [0.25, 0.3) is 22.6 Å². The Morgan fingerprint density at radius 2 is 1.41 bits per heavy atom. The summed E-state index contributed by atoms with van der Waals surface area (Å²) < 4.78 is 6.29. The van der Waals surface area contributed by atoms with E-state index in [4.69, 9.17) is 9.40 Å². The Morgan fingerprint density at radius 1 is 0.795 bits per heavy atom. The summed E-state index contributed by atoms with van der Waals surface area (Å²) in [5.41, 5.74) is 6.19. The first-order valence-corrected chi connectivity index (χ1v) is 14.0. The van der Waals surface area contributed by atoms with Gasteiger partial charge in [0, 0.05) is 49.4 Å². The maximum absolute atomic E-state index is 12.6. The Morgan fingerprint density at radius 3 is 2.08 bits per heavy atom. The van der Waals surface area contributed by atoms with E-state index >= 15 is 0 Å². The van der Waals surface area contributed by atoms with Crippen LogP contribution in [0.5, 0.6) is 0 Å². The van der Waals surface area contributed by atoms with Crippen LogP contribution < -0.4 is 5.32 Å². The lowest BCUT2D eigenvalue weighted by molar-refractivity contribution is -0.117. The second-order valence-electron chi connectivity index (χ2n) is 10.4. The predicted octanol–water partition coefficient (Wildman–Crippen LogP) is 6.20. The maximum atomic E-state index is 12.6. The molecule has 1 aliphatic heterocycles. The van der Waals surface area contributed by atoms with Gasteiger partial charge in [-0.05, 0) is 44.4 Å². The molecule has 4 aromatic rings. The SMILES string of the molecule is Cc1cccc(C)c1NC(=O)CN1CCN(CCCCc2nc(-c3ccccc3)c(-c3ccccc3)o2)CC1. The third kappa shape index (κ3) is 7.02. The molecule has 0 aliphatic carbocycles. The molecule has 1 saturated heterocycles. The smallest absolute Gasteiger partial charge is 0.238 e. The third-order valence-corrected chi connectivity index (χ3v) is 7.45. The molecule has 1 N–H and O–H groups in total. The van der Waals surface area contributed by atoms with Gasteiger partial charge in [-0.2, -0.15) is 0 Å². The van der Waals surface area contributed by atoms with Crippen molar-refractivity contribution in [2.24, 2.45) is 0 Å².